The molecule has 1 aliphatic rings. The predicted molar refractivity (Wildman–Crippen MR) is 103 cm³/mol. The van der Waals surface area contributed by atoms with Gasteiger partial charge in [0.25, 0.3) is 0 Å². The number of amides is 1. The van der Waals surface area contributed by atoms with Crippen molar-refractivity contribution in [2.75, 3.05) is 0 Å². The summed E-state index contributed by atoms with van der Waals surface area (Å²) in [7, 11) is 0. The molecule has 0 saturated heterocycles. The summed E-state index contributed by atoms with van der Waals surface area (Å²) >= 11 is 3.55. The van der Waals surface area contributed by atoms with Gasteiger partial charge < -0.3 is 4.90 Å². The third-order valence-corrected chi connectivity index (χ3v) is 4.61. The van der Waals surface area contributed by atoms with Gasteiger partial charge in [0.1, 0.15) is 0 Å². The second-order valence-corrected chi connectivity index (χ2v) is 8.62. The van der Waals surface area contributed by atoms with Gasteiger partial charge in [-0.2, -0.15) is 0 Å². The van der Waals surface area contributed by atoms with Crippen LogP contribution in [0.3, 0.4) is 0 Å². The fraction of sp³-hybridized carbons (Fsp3) is 0.286. The fourth-order valence-corrected chi connectivity index (χ4v) is 3.29. The van der Waals surface area contributed by atoms with Crippen LogP contribution >= 0.6 is 15.9 Å². The number of benzene rings is 2. The normalized spacial score (nSPS) is 13.9. The molecule has 1 amide bonds. The van der Waals surface area contributed by atoms with Crippen molar-refractivity contribution in [3.8, 4) is 0 Å². The number of hydrogen-bond donors (Lipinski definition) is 0. The molecule has 3 heteroatoms. The number of carbonyl (C=O) groups excluding carboxylic acids is 1. The zero-order valence-corrected chi connectivity index (χ0v) is 15.7. The lowest BCUT2D eigenvalue weighted by atomic mass is 9.93. The van der Waals surface area contributed by atoms with Crippen LogP contribution in [-0.2, 0) is 17.8 Å². The van der Waals surface area contributed by atoms with E-state index >= 15 is 0 Å². The van der Waals surface area contributed by atoms with Crippen LogP contribution in [0.5, 0.6) is 0 Å². The highest BCUT2D eigenvalue weighted by molar-refractivity contribution is 9.10. The van der Waals surface area contributed by atoms with Gasteiger partial charge >= 0.3 is 0 Å². The molecule has 0 aromatic heterocycles. The van der Waals surface area contributed by atoms with E-state index in [0.29, 0.717) is 6.54 Å². The van der Waals surface area contributed by atoms with Gasteiger partial charge in [-0.3, -0.25) is 4.79 Å². The van der Waals surface area contributed by atoms with Gasteiger partial charge in [0.15, 0.2) is 0 Å². The van der Waals surface area contributed by atoms with Crippen molar-refractivity contribution in [3.63, 3.8) is 0 Å². The molecule has 0 saturated carbocycles. The van der Waals surface area contributed by atoms with E-state index in [2.05, 4.69) is 52.3 Å². The van der Waals surface area contributed by atoms with E-state index < -0.39 is 4.32 Å². The predicted octanol–water partition coefficient (Wildman–Crippen LogP) is 5.18. The summed E-state index contributed by atoms with van der Waals surface area (Å²) in [5.74, 6) is 0.0781. The van der Waals surface area contributed by atoms with Crippen LogP contribution in [0.15, 0.2) is 60.7 Å². The zero-order chi connectivity index (χ0) is 17.2. The fourth-order valence-electron chi connectivity index (χ4n) is 3.07. The van der Waals surface area contributed by atoms with Crippen LogP contribution < -0.4 is 0 Å². The molecule has 2 aromatic rings. The maximum absolute atomic E-state index is 13.1. The van der Waals surface area contributed by atoms with Gasteiger partial charge in [0, 0.05) is 11.3 Å². The highest BCUT2D eigenvalue weighted by Crippen LogP contribution is 2.33. The Kier molecular flexibility index (Phi) is 4.91. The molecule has 0 radical (unpaired) electrons. The highest BCUT2D eigenvalue weighted by Gasteiger charge is 2.32. The first-order valence-corrected chi connectivity index (χ1v) is 9.09. The van der Waals surface area contributed by atoms with E-state index in [9.17, 15) is 4.79 Å². The van der Waals surface area contributed by atoms with E-state index in [1.54, 1.807) is 0 Å². The number of aryl methyl sites for hydroxylation is 1. The van der Waals surface area contributed by atoms with Crippen molar-refractivity contribution >= 4 is 27.5 Å². The van der Waals surface area contributed by atoms with Gasteiger partial charge in [-0.05, 0) is 37.8 Å². The minimum Gasteiger partial charge on any atom is -0.307 e. The molecule has 0 heterocycles. The van der Waals surface area contributed by atoms with Crippen LogP contribution in [0.25, 0.3) is 5.70 Å². The van der Waals surface area contributed by atoms with Gasteiger partial charge in [-0.15, -0.1) is 0 Å². The number of nitrogens with zero attached hydrogens (tertiary/aromatic N) is 1. The SMILES string of the molecule is CC(C)(Br)C(=O)N(Cc1ccccc1)C1=CCCc2ccccc21. The summed E-state index contributed by atoms with van der Waals surface area (Å²) in [6.45, 7) is 4.39. The number of carbonyl (C=O) groups is 1. The summed E-state index contributed by atoms with van der Waals surface area (Å²) in [6.07, 6.45) is 4.19. The zero-order valence-electron chi connectivity index (χ0n) is 14.1. The summed E-state index contributed by atoms with van der Waals surface area (Å²) in [5.41, 5.74) is 4.64. The quantitative estimate of drug-likeness (QED) is 0.666. The van der Waals surface area contributed by atoms with Crippen molar-refractivity contribution in [2.24, 2.45) is 0 Å². The van der Waals surface area contributed by atoms with E-state index in [1.165, 1.54) is 11.1 Å². The lowest BCUT2D eigenvalue weighted by Gasteiger charge is -2.33. The molecule has 0 spiro atoms. The first-order chi connectivity index (χ1) is 11.5. The van der Waals surface area contributed by atoms with E-state index in [0.717, 1.165) is 24.1 Å². The number of halogens is 1. The number of rotatable bonds is 4. The summed E-state index contributed by atoms with van der Waals surface area (Å²) < 4.78 is -0.602. The standard InChI is InChI=1S/C21H22BrNO/c1-21(2,22)20(24)23(15-16-9-4-3-5-10-16)19-14-8-12-17-11-6-7-13-18(17)19/h3-7,9-11,13-14H,8,12,15H2,1-2H3. The van der Waals surface area contributed by atoms with Crippen molar-refractivity contribution in [3.05, 3.63) is 77.4 Å². The lowest BCUT2D eigenvalue weighted by Crippen LogP contribution is -2.40. The Labute approximate surface area is 152 Å². The molecule has 0 atom stereocenters. The largest absolute Gasteiger partial charge is 0.307 e. The summed E-state index contributed by atoms with van der Waals surface area (Å²) in [4.78, 5) is 15.0. The average molecular weight is 384 g/mol. The third-order valence-electron chi connectivity index (χ3n) is 4.27. The molecule has 0 aliphatic heterocycles. The van der Waals surface area contributed by atoms with Crippen molar-refractivity contribution in [1.82, 2.24) is 4.90 Å². The smallest absolute Gasteiger partial charge is 0.243 e. The molecule has 2 nitrogen and oxygen atoms in total. The summed E-state index contributed by atoms with van der Waals surface area (Å²) in [6, 6.07) is 18.6. The topological polar surface area (TPSA) is 20.3 Å². The molecule has 24 heavy (non-hydrogen) atoms. The molecule has 0 fully saturated rings. The van der Waals surface area contributed by atoms with Gasteiger partial charge in [0.05, 0.1) is 10.9 Å². The second-order valence-electron chi connectivity index (χ2n) is 6.63. The number of hydrogen-bond acceptors (Lipinski definition) is 1. The third kappa shape index (κ3) is 3.62. The van der Waals surface area contributed by atoms with Crippen LogP contribution in [-0.4, -0.2) is 15.1 Å². The Morgan fingerprint density at radius 3 is 2.46 bits per heavy atom. The Morgan fingerprint density at radius 2 is 1.75 bits per heavy atom. The Bertz CT molecular complexity index is 759. The highest BCUT2D eigenvalue weighted by atomic mass is 79.9. The number of alkyl halides is 1. The Morgan fingerprint density at radius 1 is 1.08 bits per heavy atom. The van der Waals surface area contributed by atoms with Crippen LogP contribution in [0, 0.1) is 0 Å². The first kappa shape index (κ1) is 17.0. The van der Waals surface area contributed by atoms with E-state index in [4.69, 9.17) is 0 Å². The van der Waals surface area contributed by atoms with E-state index in [1.807, 2.05) is 43.0 Å². The molecule has 0 unspecified atom stereocenters. The monoisotopic (exact) mass is 383 g/mol. The molecule has 3 rings (SSSR count). The minimum absolute atomic E-state index is 0.0781. The molecule has 1 aliphatic carbocycles. The number of allylic oxidation sites excluding steroid dienone is 1. The van der Waals surface area contributed by atoms with Crippen LogP contribution in [0.4, 0.5) is 0 Å². The molecular formula is C21H22BrNO. The first-order valence-electron chi connectivity index (χ1n) is 8.30. The van der Waals surface area contributed by atoms with Crippen LogP contribution in [0.1, 0.15) is 37.0 Å². The Balaban J connectivity index is 2.02. The minimum atomic E-state index is -0.602. The van der Waals surface area contributed by atoms with Crippen molar-refractivity contribution in [1.29, 1.82) is 0 Å². The van der Waals surface area contributed by atoms with Gasteiger partial charge in [0.2, 0.25) is 5.91 Å². The average Bonchev–Trinajstić information content (AvgIpc) is 2.59. The molecule has 2 aromatic carbocycles. The number of fused-ring (bicyclic) bond motifs is 1. The second kappa shape index (κ2) is 6.94. The molecule has 0 bridgehead atoms. The van der Waals surface area contributed by atoms with Gasteiger partial charge in [-0.1, -0.05) is 76.6 Å². The molecule has 0 N–H and O–H groups in total. The molecular weight excluding hydrogens is 362 g/mol. The van der Waals surface area contributed by atoms with E-state index in [-0.39, 0.29) is 5.91 Å². The maximum Gasteiger partial charge on any atom is 0.243 e. The maximum atomic E-state index is 13.1. The van der Waals surface area contributed by atoms with Crippen molar-refractivity contribution < 1.29 is 4.79 Å². The van der Waals surface area contributed by atoms with Crippen LogP contribution in [0.2, 0.25) is 0 Å². The molecule has 124 valence electrons. The summed E-state index contributed by atoms with van der Waals surface area (Å²) in [5, 5.41) is 0. The Hall–Kier alpha value is -1.87. The van der Waals surface area contributed by atoms with Crippen molar-refractivity contribution in [2.45, 2.75) is 37.6 Å². The lowest BCUT2D eigenvalue weighted by molar-refractivity contribution is -0.129. The van der Waals surface area contributed by atoms with Gasteiger partial charge in [-0.25, -0.2) is 0 Å².